The first-order chi connectivity index (χ1) is 6.42. The number of ether oxygens (including phenoxy) is 1. The Morgan fingerprint density at radius 2 is 2.00 bits per heavy atom. The molecule has 0 saturated heterocycles. The Morgan fingerprint density at radius 1 is 1.36 bits per heavy atom. The Kier molecular flexibility index (Phi) is 3.42. The van der Waals surface area contributed by atoms with Gasteiger partial charge in [0.05, 0.1) is 13.5 Å². The lowest BCUT2D eigenvalue weighted by atomic mass is 10.1. The van der Waals surface area contributed by atoms with Gasteiger partial charge in [0.1, 0.15) is 5.75 Å². The molecule has 1 aromatic carbocycles. The lowest BCUT2D eigenvalue weighted by Gasteiger charge is -2.09. The van der Waals surface area contributed by atoms with Gasteiger partial charge in [0, 0.05) is 4.47 Å². The van der Waals surface area contributed by atoms with Gasteiger partial charge < -0.3 is 4.74 Å². The summed E-state index contributed by atoms with van der Waals surface area (Å²) in [6.07, 6.45) is -5.15. The molecule has 5 heteroatoms. The normalized spacial score (nSPS) is 11.5. The highest BCUT2D eigenvalue weighted by Gasteiger charge is 2.28. The number of benzene rings is 1. The summed E-state index contributed by atoms with van der Waals surface area (Å²) in [5.41, 5.74) is 0.178. The van der Waals surface area contributed by atoms with Gasteiger partial charge in [0.2, 0.25) is 0 Å². The van der Waals surface area contributed by atoms with Crippen molar-refractivity contribution < 1.29 is 17.9 Å². The SMILES string of the molecule is COc1ccc(Br)c(CC(F)(F)F)c1. The van der Waals surface area contributed by atoms with Crippen molar-refractivity contribution in [3.8, 4) is 5.75 Å². The quantitative estimate of drug-likeness (QED) is 0.797. The fourth-order valence-electron chi connectivity index (χ4n) is 1.03. The summed E-state index contributed by atoms with van der Waals surface area (Å²) in [4.78, 5) is 0. The first-order valence-corrected chi connectivity index (χ1v) is 4.61. The van der Waals surface area contributed by atoms with Gasteiger partial charge in [0.25, 0.3) is 0 Å². The van der Waals surface area contributed by atoms with Gasteiger partial charge in [-0.15, -0.1) is 0 Å². The fraction of sp³-hybridized carbons (Fsp3) is 0.333. The van der Waals surface area contributed by atoms with E-state index >= 15 is 0 Å². The van der Waals surface area contributed by atoms with E-state index in [1.165, 1.54) is 13.2 Å². The van der Waals surface area contributed by atoms with Crippen molar-refractivity contribution in [3.05, 3.63) is 28.2 Å². The van der Waals surface area contributed by atoms with Crippen molar-refractivity contribution in [2.45, 2.75) is 12.6 Å². The van der Waals surface area contributed by atoms with E-state index in [-0.39, 0.29) is 5.56 Å². The molecule has 14 heavy (non-hydrogen) atoms. The third-order valence-corrected chi connectivity index (χ3v) is 2.42. The van der Waals surface area contributed by atoms with Crippen LogP contribution in [-0.2, 0) is 6.42 Å². The van der Waals surface area contributed by atoms with Crippen LogP contribution in [0.1, 0.15) is 5.56 Å². The van der Waals surface area contributed by atoms with Gasteiger partial charge >= 0.3 is 6.18 Å². The minimum Gasteiger partial charge on any atom is -0.497 e. The number of hydrogen-bond acceptors (Lipinski definition) is 1. The molecule has 0 saturated carbocycles. The molecule has 1 rings (SSSR count). The van der Waals surface area contributed by atoms with Crippen LogP contribution in [0, 0.1) is 0 Å². The highest BCUT2D eigenvalue weighted by Crippen LogP contribution is 2.29. The molecule has 0 aliphatic rings. The van der Waals surface area contributed by atoms with Crippen LogP contribution in [0.2, 0.25) is 0 Å². The number of alkyl halides is 3. The standard InChI is InChI=1S/C9H8BrF3O/c1-14-7-2-3-8(10)6(4-7)5-9(11,12)13/h2-4H,5H2,1H3. The Hall–Kier alpha value is -0.710. The van der Waals surface area contributed by atoms with Crippen molar-refractivity contribution in [3.63, 3.8) is 0 Å². The molecular weight excluding hydrogens is 261 g/mol. The number of rotatable bonds is 2. The molecule has 0 aliphatic carbocycles. The smallest absolute Gasteiger partial charge is 0.393 e. The maximum Gasteiger partial charge on any atom is 0.393 e. The Labute approximate surface area is 88.0 Å². The summed E-state index contributed by atoms with van der Waals surface area (Å²) in [7, 11) is 1.42. The minimum atomic E-state index is -4.20. The molecule has 0 aliphatic heterocycles. The van der Waals surface area contributed by atoms with Crippen molar-refractivity contribution in [1.82, 2.24) is 0 Å². The molecule has 0 atom stereocenters. The summed E-state index contributed by atoms with van der Waals surface area (Å²) >= 11 is 3.06. The van der Waals surface area contributed by atoms with Gasteiger partial charge in [0.15, 0.2) is 0 Å². The third kappa shape index (κ3) is 3.21. The molecule has 78 valence electrons. The second kappa shape index (κ2) is 4.21. The lowest BCUT2D eigenvalue weighted by Crippen LogP contribution is -2.11. The second-order valence-corrected chi connectivity index (χ2v) is 3.60. The molecule has 0 heterocycles. The maximum atomic E-state index is 12.1. The van der Waals surface area contributed by atoms with E-state index in [0.717, 1.165) is 0 Å². The van der Waals surface area contributed by atoms with Crippen LogP contribution in [-0.4, -0.2) is 13.3 Å². The highest BCUT2D eigenvalue weighted by molar-refractivity contribution is 9.10. The average Bonchev–Trinajstić information content (AvgIpc) is 2.06. The van der Waals surface area contributed by atoms with Crippen LogP contribution < -0.4 is 4.74 Å². The lowest BCUT2D eigenvalue weighted by molar-refractivity contribution is -0.127. The maximum absolute atomic E-state index is 12.1. The molecule has 0 aromatic heterocycles. The molecule has 0 bridgehead atoms. The van der Waals surface area contributed by atoms with Gasteiger partial charge in [-0.05, 0) is 23.8 Å². The molecule has 0 spiro atoms. The molecule has 0 radical (unpaired) electrons. The van der Waals surface area contributed by atoms with E-state index in [1.807, 2.05) is 0 Å². The summed E-state index contributed by atoms with van der Waals surface area (Å²) in [5.74, 6) is 0.424. The van der Waals surface area contributed by atoms with E-state index in [4.69, 9.17) is 4.74 Å². The Morgan fingerprint density at radius 3 is 2.50 bits per heavy atom. The number of hydrogen-bond donors (Lipinski definition) is 0. The number of methoxy groups -OCH3 is 1. The molecule has 0 N–H and O–H groups in total. The average molecular weight is 269 g/mol. The van der Waals surface area contributed by atoms with Gasteiger partial charge in [-0.3, -0.25) is 0 Å². The fourth-order valence-corrected chi connectivity index (χ4v) is 1.42. The molecule has 0 amide bonds. The molecule has 1 aromatic rings. The van der Waals surface area contributed by atoms with Crippen LogP contribution >= 0.6 is 15.9 Å². The zero-order valence-electron chi connectivity index (χ0n) is 7.36. The monoisotopic (exact) mass is 268 g/mol. The van der Waals surface area contributed by atoms with Crippen molar-refractivity contribution in [1.29, 1.82) is 0 Å². The van der Waals surface area contributed by atoms with Crippen molar-refractivity contribution in [2.24, 2.45) is 0 Å². The molecular formula is C9H8BrF3O. The van der Waals surface area contributed by atoms with E-state index in [1.54, 1.807) is 12.1 Å². The third-order valence-electron chi connectivity index (χ3n) is 1.64. The topological polar surface area (TPSA) is 9.23 Å². The summed E-state index contributed by atoms with van der Waals surface area (Å²) in [5, 5.41) is 0. The predicted molar refractivity (Wildman–Crippen MR) is 50.5 cm³/mol. The highest BCUT2D eigenvalue weighted by atomic mass is 79.9. The first-order valence-electron chi connectivity index (χ1n) is 3.81. The zero-order chi connectivity index (χ0) is 10.8. The zero-order valence-corrected chi connectivity index (χ0v) is 8.95. The largest absolute Gasteiger partial charge is 0.497 e. The summed E-state index contributed by atoms with van der Waals surface area (Å²) < 4.78 is 41.6. The predicted octanol–water partition coefficient (Wildman–Crippen LogP) is 3.56. The number of halogens is 4. The van der Waals surface area contributed by atoms with Crippen LogP contribution in [0.5, 0.6) is 5.75 Å². The summed E-state index contributed by atoms with van der Waals surface area (Å²) in [6, 6.07) is 4.52. The molecule has 0 fully saturated rings. The Bertz CT molecular complexity index is 322. The summed E-state index contributed by atoms with van der Waals surface area (Å²) in [6.45, 7) is 0. The Balaban J connectivity index is 2.95. The minimum absolute atomic E-state index is 0.178. The van der Waals surface area contributed by atoms with Gasteiger partial charge in [-0.2, -0.15) is 13.2 Å². The van der Waals surface area contributed by atoms with Crippen LogP contribution in [0.4, 0.5) is 13.2 Å². The van der Waals surface area contributed by atoms with Gasteiger partial charge in [-0.1, -0.05) is 15.9 Å². The van der Waals surface area contributed by atoms with Gasteiger partial charge in [-0.25, -0.2) is 0 Å². The second-order valence-electron chi connectivity index (χ2n) is 2.75. The van der Waals surface area contributed by atoms with E-state index in [2.05, 4.69) is 15.9 Å². The first kappa shape index (κ1) is 11.4. The van der Waals surface area contributed by atoms with Crippen LogP contribution in [0.3, 0.4) is 0 Å². The molecule has 1 nitrogen and oxygen atoms in total. The molecule has 0 unspecified atom stereocenters. The van der Waals surface area contributed by atoms with E-state index < -0.39 is 12.6 Å². The van der Waals surface area contributed by atoms with E-state index in [0.29, 0.717) is 10.2 Å². The van der Waals surface area contributed by atoms with Crippen LogP contribution in [0.25, 0.3) is 0 Å². The van der Waals surface area contributed by atoms with Crippen molar-refractivity contribution >= 4 is 15.9 Å². The van der Waals surface area contributed by atoms with Crippen LogP contribution in [0.15, 0.2) is 22.7 Å². The van der Waals surface area contributed by atoms with Crippen molar-refractivity contribution in [2.75, 3.05) is 7.11 Å². The van der Waals surface area contributed by atoms with E-state index in [9.17, 15) is 13.2 Å².